The van der Waals surface area contributed by atoms with Crippen LogP contribution in [0.15, 0.2) is 0 Å². The second-order valence-electron chi connectivity index (χ2n) is 4.31. The summed E-state index contributed by atoms with van der Waals surface area (Å²) in [6.07, 6.45) is 1.60. The quantitative estimate of drug-likeness (QED) is 0.812. The van der Waals surface area contributed by atoms with Crippen LogP contribution in [0.3, 0.4) is 0 Å². The van der Waals surface area contributed by atoms with Gasteiger partial charge in [-0.1, -0.05) is 13.3 Å². The third-order valence-corrected chi connectivity index (χ3v) is 4.00. The van der Waals surface area contributed by atoms with Crippen molar-refractivity contribution in [3.8, 4) is 0 Å². The van der Waals surface area contributed by atoms with E-state index in [0.29, 0.717) is 31.0 Å². The molecular formula is C10H21ClN2O2S. The van der Waals surface area contributed by atoms with Gasteiger partial charge in [-0.3, -0.25) is 9.00 Å². The lowest BCUT2D eigenvalue weighted by atomic mass is 9.96. The Balaban J connectivity index is 0.00000225. The first-order valence-electron chi connectivity index (χ1n) is 5.40. The van der Waals surface area contributed by atoms with Crippen LogP contribution in [0.5, 0.6) is 0 Å². The molecule has 16 heavy (non-hydrogen) atoms. The molecule has 0 bridgehead atoms. The third kappa shape index (κ3) is 4.03. The van der Waals surface area contributed by atoms with E-state index in [1.807, 2.05) is 6.92 Å². The second kappa shape index (κ2) is 6.57. The van der Waals surface area contributed by atoms with E-state index in [1.165, 1.54) is 0 Å². The molecule has 1 fully saturated rings. The predicted octanol–water partition coefficient (Wildman–Crippen LogP) is 0.517. The van der Waals surface area contributed by atoms with E-state index >= 15 is 0 Å². The highest BCUT2D eigenvalue weighted by atomic mass is 35.5. The number of nitrogens with zero attached hydrogens (tertiary/aromatic N) is 1. The van der Waals surface area contributed by atoms with Crippen LogP contribution in [-0.4, -0.2) is 45.2 Å². The number of hydrogen-bond acceptors (Lipinski definition) is 3. The molecule has 2 N–H and O–H groups in total. The fourth-order valence-corrected chi connectivity index (χ4v) is 2.88. The number of carbonyl (C=O) groups is 1. The van der Waals surface area contributed by atoms with E-state index < -0.39 is 16.3 Å². The molecule has 1 amide bonds. The molecule has 1 aliphatic heterocycles. The Morgan fingerprint density at radius 3 is 2.38 bits per heavy atom. The average molecular weight is 269 g/mol. The fourth-order valence-electron chi connectivity index (χ4n) is 1.83. The lowest BCUT2D eigenvalue weighted by Crippen LogP contribution is -2.56. The molecule has 96 valence electrons. The largest absolute Gasteiger partial charge is 0.339 e. The van der Waals surface area contributed by atoms with Crippen LogP contribution in [0, 0.1) is 0 Å². The lowest BCUT2D eigenvalue weighted by Gasteiger charge is -2.33. The fraction of sp³-hybridized carbons (Fsp3) is 0.900. The Labute approximate surface area is 106 Å². The van der Waals surface area contributed by atoms with Crippen LogP contribution in [0.1, 0.15) is 26.7 Å². The first-order valence-corrected chi connectivity index (χ1v) is 6.89. The minimum Gasteiger partial charge on any atom is -0.339 e. The standard InChI is InChI=1S/C10H20N2O2S.ClH/c1-3-4-10(2,11)9(13)12-5-7-15(14)8-6-12;/h3-8,11H2,1-2H3;1H. The first-order chi connectivity index (χ1) is 6.97. The van der Waals surface area contributed by atoms with Gasteiger partial charge in [0.05, 0.1) is 5.54 Å². The molecule has 0 saturated carbocycles. The predicted molar refractivity (Wildman–Crippen MR) is 69.2 cm³/mol. The molecule has 0 aromatic heterocycles. The van der Waals surface area contributed by atoms with Gasteiger partial charge < -0.3 is 10.6 Å². The zero-order valence-electron chi connectivity index (χ0n) is 9.90. The maximum Gasteiger partial charge on any atom is 0.242 e. The maximum atomic E-state index is 12.0. The van der Waals surface area contributed by atoms with Crippen LogP contribution in [0.2, 0.25) is 0 Å². The summed E-state index contributed by atoms with van der Waals surface area (Å²) in [5.41, 5.74) is 5.21. The monoisotopic (exact) mass is 268 g/mol. The van der Waals surface area contributed by atoms with Crippen molar-refractivity contribution < 1.29 is 9.00 Å². The normalized spacial score (nSPS) is 21.1. The van der Waals surface area contributed by atoms with E-state index in [9.17, 15) is 9.00 Å². The maximum absolute atomic E-state index is 12.0. The molecule has 6 heteroatoms. The van der Waals surface area contributed by atoms with Crippen molar-refractivity contribution in [3.05, 3.63) is 0 Å². The van der Waals surface area contributed by atoms with Crippen molar-refractivity contribution in [1.29, 1.82) is 0 Å². The lowest BCUT2D eigenvalue weighted by molar-refractivity contribution is -0.136. The van der Waals surface area contributed by atoms with Gasteiger partial charge >= 0.3 is 0 Å². The Hall–Kier alpha value is -0.130. The summed E-state index contributed by atoms with van der Waals surface area (Å²) < 4.78 is 11.1. The molecule has 1 atom stereocenters. The number of rotatable bonds is 3. The highest BCUT2D eigenvalue weighted by Crippen LogP contribution is 2.14. The zero-order chi connectivity index (χ0) is 11.5. The van der Waals surface area contributed by atoms with Gasteiger partial charge in [-0.05, 0) is 13.3 Å². The summed E-state index contributed by atoms with van der Waals surface area (Å²) in [5, 5.41) is 0. The highest BCUT2D eigenvalue weighted by molar-refractivity contribution is 7.85. The minimum atomic E-state index is -0.756. The molecule has 0 aromatic rings. The van der Waals surface area contributed by atoms with E-state index in [4.69, 9.17) is 5.73 Å². The number of carbonyl (C=O) groups excluding carboxylic acids is 1. The molecule has 0 radical (unpaired) electrons. The van der Waals surface area contributed by atoms with Crippen LogP contribution in [-0.2, 0) is 15.6 Å². The van der Waals surface area contributed by atoms with E-state index in [-0.39, 0.29) is 18.3 Å². The molecule has 1 heterocycles. The number of nitrogens with two attached hydrogens (primary N) is 1. The number of halogens is 1. The van der Waals surface area contributed by atoms with Crippen LogP contribution < -0.4 is 5.73 Å². The zero-order valence-corrected chi connectivity index (χ0v) is 11.5. The third-order valence-electron chi connectivity index (χ3n) is 2.72. The van der Waals surface area contributed by atoms with Gasteiger partial charge in [-0.15, -0.1) is 12.4 Å². The molecule has 1 saturated heterocycles. The van der Waals surface area contributed by atoms with Crippen molar-refractivity contribution in [1.82, 2.24) is 4.90 Å². The number of amides is 1. The summed E-state index contributed by atoms with van der Waals surface area (Å²) in [7, 11) is -0.743. The molecule has 0 spiro atoms. The molecule has 1 rings (SSSR count). The average Bonchev–Trinajstić information content (AvgIpc) is 2.18. The Morgan fingerprint density at radius 2 is 1.94 bits per heavy atom. The van der Waals surface area contributed by atoms with E-state index in [2.05, 4.69) is 0 Å². The van der Waals surface area contributed by atoms with Gasteiger partial charge in [-0.2, -0.15) is 0 Å². The van der Waals surface area contributed by atoms with Crippen molar-refractivity contribution in [2.75, 3.05) is 24.6 Å². The van der Waals surface area contributed by atoms with Crippen molar-refractivity contribution in [2.45, 2.75) is 32.2 Å². The van der Waals surface area contributed by atoms with Gasteiger partial charge in [0.2, 0.25) is 5.91 Å². The molecule has 0 aromatic carbocycles. The number of hydrogen-bond donors (Lipinski definition) is 1. The Morgan fingerprint density at radius 1 is 1.44 bits per heavy atom. The van der Waals surface area contributed by atoms with Gasteiger partial charge in [0.1, 0.15) is 0 Å². The Kier molecular flexibility index (Phi) is 6.51. The van der Waals surface area contributed by atoms with E-state index in [0.717, 1.165) is 6.42 Å². The molecule has 1 aliphatic rings. The van der Waals surface area contributed by atoms with Crippen LogP contribution >= 0.6 is 12.4 Å². The van der Waals surface area contributed by atoms with Crippen LogP contribution in [0.25, 0.3) is 0 Å². The van der Waals surface area contributed by atoms with Crippen molar-refractivity contribution >= 4 is 29.1 Å². The molecule has 1 unspecified atom stereocenters. The second-order valence-corrected chi connectivity index (χ2v) is 6.00. The topological polar surface area (TPSA) is 63.4 Å². The highest BCUT2D eigenvalue weighted by Gasteiger charge is 2.33. The summed E-state index contributed by atoms with van der Waals surface area (Å²) in [6, 6.07) is 0. The summed E-state index contributed by atoms with van der Waals surface area (Å²) in [5.74, 6) is 1.18. The van der Waals surface area contributed by atoms with Crippen molar-refractivity contribution in [2.24, 2.45) is 5.73 Å². The van der Waals surface area contributed by atoms with Crippen LogP contribution in [0.4, 0.5) is 0 Å². The smallest absolute Gasteiger partial charge is 0.242 e. The Bertz CT molecular complexity index is 262. The molecule has 0 aliphatic carbocycles. The van der Waals surface area contributed by atoms with Gasteiger partial charge in [0, 0.05) is 35.4 Å². The van der Waals surface area contributed by atoms with Gasteiger partial charge in [0.15, 0.2) is 0 Å². The first kappa shape index (κ1) is 15.9. The minimum absolute atomic E-state index is 0. The van der Waals surface area contributed by atoms with Crippen molar-refractivity contribution in [3.63, 3.8) is 0 Å². The molecular weight excluding hydrogens is 248 g/mol. The summed E-state index contributed by atoms with van der Waals surface area (Å²) in [6.45, 7) is 4.97. The summed E-state index contributed by atoms with van der Waals surface area (Å²) >= 11 is 0. The van der Waals surface area contributed by atoms with Gasteiger partial charge in [-0.25, -0.2) is 0 Å². The SMILES string of the molecule is CCCC(C)(N)C(=O)N1CCS(=O)CC1.Cl. The van der Waals surface area contributed by atoms with E-state index in [1.54, 1.807) is 11.8 Å². The molecule has 4 nitrogen and oxygen atoms in total. The summed E-state index contributed by atoms with van der Waals surface area (Å²) in [4.78, 5) is 13.8. The van der Waals surface area contributed by atoms with Gasteiger partial charge in [0.25, 0.3) is 0 Å².